The molecule has 0 radical (unpaired) electrons. The SMILES string of the molecule is Cc1ccc2nc(Nc3ccc(-c4cn(C5CCC(N6CCN(C)CC6)CC5)c5ncnc(N)c45)cc3)nc(Cl)c2c1. The van der Waals surface area contributed by atoms with E-state index in [9.17, 15) is 0 Å². The Labute approximate surface area is 250 Å². The van der Waals surface area contributed by atoms with Gasteiger partial charge >= 0.3 is 0 Å². The first-order valence-corrected chi connectivity index (χ1v) is 15.2. The zero-order valence-electron chi connectivity index (χ0n) is 24.1. The van der Waals surface area contributed by atoms with Gasteiger partial charge in [-0.05, 0) is 69.5 Å². The van der Waals surface area contributed by atoms with Crippen molar-refractivity contribution in [3.8, 4) is 11.1 Å². The monoisotopic (exact) mass is 581 g/mol. The third-order valence-electron chi connectivity index (χ3n) is 9.01. The molecule has 1 aliphatic carbocycles. The fourth-order valence-corrected chi connectivity index (χ4v) is 6.85. The number of nitrogens with one attached hydrogen (secondary N) is 1. The molecular weight excluding hydrogens is 546 g/mol. The molecule has 2 aromatic carbocycles. The summed E-state index contributed by atoms with van der Waals surface area (Å²) in [6.07, 6.45) is 8.52. The third-order valence-corrected chi connectivity index (χ3v) is 9.30. The van der Waals surface area contributed by atoms with Crippen LogP contribution in [0.2, 0.25) is 5.15 Å². The molecule has 4 heterocycles. The molecule has 10 heteroatoms. The number of nitrogens with zero attached hydrogens (tertiary/aromatic N) is 7. The number of nitrogens with two attached hydrogens (primary N) is 1. The van der Waals surface area contributed by atoms with Crippen LogP contribution in [0, 0.1) is 6.92 Å². The topological polar surface area (TPSA) is 101 Å². The second kappa shape index (κ2) is 11.1. The molecule has 0 spiro atoms. The highest BCUT2D eigenvalue weighted by Crippen LogP contribution is 2.39. The zero-order valence-corrected chi connectivity index (χ0v) is 24.8. The van der Waals surface area contributed by atoms with Crippen LogP contribution in [-0.4, -0.2) is 73.6 Å². The largest absolute Gasteiger partial charge is 0.383 e. The van der Waals surface area contributed by atoms with E-state index in [-0.39, 0.29) is 0 Å². The summed E-state index contributed by atoms with van der Waals surface area (Å²) < 4.78 is 2.35. The van der Waals surface area contributed by atoms with Crippen molar-refractivity contribution in [2.75, 3.05) is 44.3 Å². The quantitative estimate of drug-likeness (QED) is 0.242. The lowest BCUT2D eigenvalue weighted by atomic mass is 9.89. The highest BCUT2D eigenvalue weighted by atomic mass is 35.5. The van der Waals surface area contributed by atoms with Gasteiger partial charge in [0.05, 0.1) is 10.9 Å². The Morgan fingerprint density at radius 1 is 0.905 bits per heavy atom. The molecule has 0 bridgehead atoms. The van der Waals surface area contributed by atoms with Crippen molar-refractivity contribution in [3.05, 3.63) is 65.7 Å². The van der Waals surface area contributed by atoms with Crippen LogP contribution in [0.5, 0.6) is 0 Å². The number of halogens is 1. The van der Waals surface area contributed by atoms with Gasteiger partial charge in [-0.2, -0.15) is 0 Å². The molecule has 3 N–H and O–H groups in total. The summed E-state index contributed by atoms with van der Waals surface area (Å²) in [5.41, 5.74) is 12.3. The Bertz CT molecular complexity index is 1730. The van der Waals surface area contributed by atoms with Gasteiger partial charge in [0, 0.05) is 61.1 Å². The molecule has 0 unspecified atom stereocenters. The van der Waals surface area contributed by atoms with Crippen molar-refractivity contribution in [2.45, 2.75) is 44.7 Å². The third kappa shape index (κ3) is 5.17. The number of benzene rings is 2. The molecule has 7 rings (SSSR count). The van der Waals surface area contributed by atoms with Crippen LogP contribution in [0.1, 0.15) is 37.3 Å². The Kier molecular flexibility index (Phi) is 7.17. The van der Waals surface area contributed by atoms with Crippen LogP contribution < -0.4 is 11.1 Å². The van der Waals surface area contributed by atoms with E-state index in [0.717, 1.165) is 57.2 Å². The Morgan fingerprint density at radius 2 is 1.64 bits per heavy atom. The Morgan fingerprint density at radius 3 is 2.40 bits per heavy atom. The van der Waals surface area contributed by atoms with Crippen molar-refractivity contribution < 1.29 is 0 Å². The minimum atomic E-state index is 0.402. The van der Waals surface area contributed by atoms with Gasteiger partial charge in [-0.15, -0.1) is 0 Å². The number of likely N-dealkylation sites (N-methyl/N-ethyl adjacent to an activating group) is 1. The van der Waals surface area contributed by atoms with E-state index < -0.39 is 0 Å². The first-order chi connectivity index (χ1) is 20.4. The number of rotatable bonds is 5. The maximum atomic E-state index is 6.47. The molecule has 3 aromatic heterocycles. The number of hydrogen-bond donors (Lipinski definition) is 2. The fourth-order valence-electron chi connectivity index (χ4n) is 6.62. The normalized spacial score (nSPS) is 20.4. The van der Waals surface area contributed by atoms with Crippen molar-refractivity contribution >= 4 is 51.0 Å². The number of aromatic nitrogens is 5. The average Bonchev–Trinajstić information content (AvgIpc) is 3.40. The van der Waals surface area contributed by atoms with Gasteiger partial charge in [-0.25, -0.2) is 19.9 Å². The van der Waals surface area contributed by atoms with E-state index in [2.05, 4.69) is 60.0 Å². The summed E-state index contributed by atoms with van der Waals surface area (Å²) in [6, 6.07) is 15.3. The average molecular weight is 582 g/mol. The Hall–Kier alpha value is -3.79. The first kappa shape index (κ1) is 27.1. The number of piperazine rings is 1. The van der Waals surface area contributed by atoms with E-state index in [1.54, 1.807) is 6.33 Å². The van der Waals surface area contributed by atoms with Crippen LogP contribution in [0.4, 0.5) is 17.5 Å². The molecular formula is C32H36ClN9. The molecule has 5 aromatic rings. The minimum Gasteiger partial charge on any atom is -0.383 e. The number of nitrogen functional groups attached to an aromatic ring is 1. The predicted molar refractivity (Wildman–Crippen MR) is 170 cm³/mol. The highest BCUT2D eigenvalue weighted by molar-refractivity contribution is 6.34. The molecule has 1 aliphatic heterocycles. The Balaban J connectivity index is 1.12. The molecule has 216 valence electrons. The number of hydrogen-bond acceptors (Lipinski definition) is 8. The lowest BCUT2D eigenvalue weighted by Gasteiger charge is -2.41. The second-order valence-electron chi connectivity index (χ2n) is 11.8. The van der Waals surface area contributed by atoms with Gasteiger partial charge in [0.25, 0.3) is 0 Å². The molecule has 42 heavy (non-hydrogen) atoms. The van der Waals surface area contributed by atoms with E-state index in [1.807, 2.05) is 37.3 Å². The molecule has 0 amide bonds. The molecule has 2 aliphatic rings. The predicted octanol–water partition coefficient (Wildman–Crippen LogP) is 6.06. The molecule has 0 atom stereocenters. The number of fused-ring (bicyclic) bond motifs is 2. The summed E-state index contributed by atoms with van der Waals surface area (Å²) in [5.74, 6) is 0.974. The van der Waals surface area contributed by atoms with Gasteiger partial charge in [0.15, 0.2) is 0 Å². The number of aryl methyl sites for hydroxylation is 1. The van der Waals surface area contributed by atoms with Crippen molar-refractivity contribution in [2.24, 2.45) is 0 Å². The van der Waals surface area contributed by atoms with E-state index in [0.29, 0.717) is 29.0 Å². The lowest BCUT2D eigenvalue weighted by Crippen LogP contribution is -2.49. The van der Waals surface area contributed by atoms with Gasteiger partial charge in [-0.1, -0.05) is 35.4 Å². The minimum absolute atomic E-state index is 0.402. The van der Waals surface area contributed by atoms with Gasteiger partial charge in [0.2, 0.25) is 5.95 Å². The van der Waals surface area contributed by atoms with E-state index >= 15 is 0 Å². The van der Waals surface area contributed by atoms with Crippen LogP contribution in [0.25, 0.3) is 33.1 Å². The summed E-state index contributed by atoms with van der Waals surface area (Å²) in [7, 11) is 2.22. The summed E-state index contributed by atoms with van der Waals surface area (Å²) >= 11 is 6.47. The summed E-state index contributed by atoms with van der Waals surface area (Å²) in [5, 5.41) is 5.50. The molecule has 1 saturated heterocycles. The lowest BCUT2D eigenvalue weighted by molar-refractivity contribution is 0.0828. The zero-order chi connectivity index (χ0) is 28.8. The summed E-state index contributed by atoms with van der Waals surface area (Å²) in [4.78, 5) is 23.3. The highest BCUT2D eigenvalue weighted by Gasteiger charge is 2.30. The van der Waals surface area contributed by atoms with Crippen LogP contribution in [0.15, 0.2) is 55.0 Å². The van der Waals surface area contributed by atoms with Crippen LogP contribution >= 0.6 is 11.6 Å². The van der Waals surface area contributed by atoms with Crippen molar-refractivity contribution in [1.82, 2.24) is 34.3 Å². The maximum Gasteiger partial charge on any atom is 0.229 e. The number of anilines is 3. The van der Waals surface area contributed by atoms with Gasteiger partial charge in [-0.3, -0.25) is 4.90 Å². The van der Waals surface area contributed by atoms with Crippen molar-refractivity contribution in [3.63, 3.8) is 0 Å². The second-order valence-corrected chi connectivity index (χ2v) is 12.1. The van der Waals surface area contributed by atoms with E-state index in [1.165, 1.54) is 39.0 Å². The van der Waals surface area contributed by atoms with Gasteiger partial charge in [0.1, 0.15) is 22.9 Å². The smallest absolute Gasteiger partial charge is 0.229 e. The van der Waals surface area contributed by atoms with E-state index in [4.69, 9.17) is 22.3 Å². The fraction of sp³-hybridized carbons (Fsp3) is 0.375. The molecule has 1 saturated carbocycles. The molecule has 2 fully saturated rings. The maximum absolute atomic E-state index is 6.47. The summed E-state index contributed by atoms with van der Waals surface area (Å²) in [6.45, 7) is 6.71. The van der Waals surface area contributed by atoms with Crippen LogP contribution in [-0.2, 0) is 0 Å². The van der Waals surface area contributed by atoms with Gasteiger partial charge < -0.3 is 20.5 Å². The standard InChI is InChI=1S/C32H36ClN9/c1-20-3-12-27-25(17-20)29(33)39-32(38-27)37-22-6-4-21(5-7-22)26-18-42(31-28(26)30(34)35-19-36-31)24-10-8-23(9-11-24)41-15-13-40(2)14-16-41/h3-7,12,17-19,23-24H,8-11,13-16H2,1-2H3,(H2,34,35,36)(H,37,38,39). The first-order valence-electron chi connectivity index (χ1n) is 14.8. The molecule has 9 nitrogen and oxygen atoms in total. The van der Waals surface area contributed by atoms with Crippen molar-refractivity contribution in [1.29, 1.82) is 0 Å². The van der Waals surface area contributed by atoms with Crippen LogP contribution in [0.3, 0.4) is 0 Å².